The van der Waals surface area contributed by atoms with Crippen molar-refractivity contribution in [2.24, 2.45) is 4.74 Å². The van der Waals surface area contributed by atoms with E-state index in [1.54, 1.807) is 6.92 Å². The number of hydrogen-bond donors (Lipinski definition) is 0. The molecule has 3 aromatic carbocycles. The Balaban J connectivity index is 2.05. The lowest BCUT2D eigenvalue weighted by molar-refractivity contribution is 0.444. The van der Waals surface area contributed by atoms with Crippen LogP contribution in [0.2, 0.25) is 0 Å². The van der Waals surface area contributed by atoms with Crippen molar-refractivity contribution in [2.75, 3.05) is 0 Å². The average molecular weight is 387 g/mol. The van der Waals surface area contributed by atoms with E-state index in [0.717, 1.165) is 0 Å². The summed E-state index contributed by atoms with van der Waals surface area (Å²) in [5, 5.41) is 11.8. The van der Waals surface area contributed by atoms with Crippen LogP contribution in [0.4, 0.5) is 0 Å². The van der Waals surface area contributed by atoms with Crippen LogP contribution in [0.5, 0.6) is 0 Å². The normalized spacial score (nSPS) is 12.5. The Labute approximate surface area is 165 Å². The Morgan fingerprint density at radius 1 is 0.714 bits per heavy atom. The largest absolute Gasteiger partial charge is 0.423 e. The van der Waals surface area contributed by atoms with Crippen LogP contribution >= 0.6 is 7.05 Å². The molecule has 1 atom stereocenters. The fraction of sp³-hybridized carbons (Fsp3) is 0.130. The molecule has 0 aliphatic heterocycles. The van der Waals surface area contributed by atoms with E-state index in [2.05, 4.69) is 83.0 Å². The minimum absolute atomic E-state index is 0.227. The third kappa shape index (κ3) is 3.44. The second-order valence-electron chi connectivity index (χ2n) is 6.59. The van der Waals surface area contributed by atoms with Gasteiger partial charge in [0.25, 0.3) is 0 Å². The SMILES string of the molecule is Cc1nnc([C@@H](C)N=P(c2ccccc2)(c2ccccc2)c2ccccc2)o1. The molecule has 5 heteroatoms. The van der Waals surface area contributed by atoms with Crippen molar-refractivity contribution >= 4 is 23.0 Å². The van der Waals surface area contributed by atoms with Gasteiger partial charge >= 0.3 is 0 Å². The maximum Gasteiger partial charge on any atom is 0.240 e. The van der Waals surface area contributed by atoms with Gasteiger partial charge < -0.3 is 4.42 Å². The molecule has 1 heterocycles. The van der Waals surface area contributed by atoms with Crippen LogP contribution < -0.4 is 15.9 Å². The van der Waals surface area contributed by atoms with Crippen molar-refractivity contribution in [1.29, 1.82) is 0 Å². The summed E-state index contributed by atoms with van der Waals surface area (Å²) in [6, 6.07) is 31.4. The van der Waals surface area contributed by atoms with Crippen molar-refractivity contribution in [1.82, 2.24) is 10.2 Å². The monoisotopic (exact) mass is 387 g/mol. The molecular formula is C23H22N3OP. The van der Waals surface area contributed by atoms with E-state index >= 15 is 0 Å². The molecule has 4 aromatic rings. The van der Waals surface area contributed by atoms with Crippen molar-refractivity contribution in [2.45, 2.75) is 19.9 Å². The highest BCUT2D eigenvalue weighted by molar-refractivity contribution is 7.87. The molecule has 0 saturated heterocycles. The fourth-order valence-corrected chi connectivity index (χ4v) is 7.09. The molecule has 0 aliphatic carbocycles. The van der Waals surface area contributed by atoms with Gasteiger partial charge in [0.15, 0.2) is 0 Å². The molecule has 0 saturated carbocycles. The third-order valence-corrected chi connectivity index (χ3v) is 8.46. The summed E-state index contributed by atoms with van der Waals surface area (Å²) < 4.78 is 11.1. The minimum Gasteiger partial charge on any atom is -0.423 e. The topological polar surface area (TPSA) is 51.3 Å². The molecule has 0 amide bonds. The zero-order chi connectivity index (χ0) is 19.4. The van der Waals surface area contributed by atoms with Crippen LogP contribution in [-0.2, 0) is 0 Å². The van der Waals surface area contributed by atoms with Gasteiger partial charge in [-0.2, -0.15) is 0 Å². The summed E-state index contributed by atoms with van der Waals surface area (Å²) in [5.74, 6) is 1.10. The lowest BCUT2D eigenvalue weighted by Gasteiger charge is -2.28. The smallest absolute Gasteiger partial charge is 0.240 e. The number of aryl methyl sites for hydroxylation is 1. The molecule has 0 bridgehead atoms. The van der Waals surface area contributed by atoms with Crippen LogP contribution in [-0.4, -0.2) is 10.2 Å². The number of nitrogens with zero attached hydrogens (tertiary/aromatic N) is 3. The number of aromatic nitrogens is 2. The predicted molar refractivity (Wildman–Crippen MR) is 115 cm³/mol. The summed E-state index contributed by atoms with van der Waals surface area (Å²) in [4.78, 5) is 0. The maximum absolute atomic E-state index is 5.70. The van der Waals surface area contributed by atoms with E-state index < -0.39 is 7.05 Å². The minimum atomic E-state index is -2.27. The van der Waals surface area contributed by atoms with Gasteiger partial charge in [-0.1, -0.05) is 91.0 Å². The van der Waals surface area contributed by atoms with Crippen LogP contribution in [0.1, 0.15) is 24.7 Å². The van der Waals surface area contributed by atoms with Gasteiger partial charge in [-0.3, -0.25) is 4.74 Å². The highest BCUT2D eigenvalue weighted by Crippen LogP contribution is 2.48. The van der Waals surface area contributed by atoms with E-state index in [0.29, 0.717) is 11.8 Å². The maximum atomic E-state index is 5.70. The van der Waals surface area contributed by atoms with Gasteiger partial charge in [0.05, 0.1) is 7.05 Å². The third-order valence-electron chi connectivity index (χ3n) is 4.64. The van der Waals surface area contributed by atoms with Gasteiger partial charge in [-0.25, -0.2) is 0 Å². The Morgan fingerprint density at radius 3 is 1.50 bits per heavy atom. The summed E-state index contributed by atoms with van der Waals surface area (Å²) >= 11 is 0. The summed E-state index contributed by atoms with van der Waals surface area (Å²) in [6.45, 7) is 3.83. The molecule has 0 radical (unpaired) electrons. The van der Waals surface area contributed by atoms with Gasteiger partial charge in [-0.05, 0) is 6.92 Å². The first-order valence-corrected chi connectivity index (χ1v) is 11.0. The second-order valence-corrected chi connectivity index (χ2v) is 9.64. The lowest BCUT2D eigenvalue weighted by Crippen LogP contribution is -2.25. The average Bonchev–Trinajstić information content (AvgIpc) is 3.20. The Morgan fingerprint density at radius 2 is 1.14 bits per heavy atom. The van der Waals surface area contributed by atoms with Gasteiger partial charge in [0.2, 0.25) is 11.8 Å². The summed E-state index contributed by atoms with van der Waals surface area (Å²) in [6.07, 6.45) is 0. The number of rotatable bonds is 5. The van der Waals surface area contributed by atoms with Crippen molar-refractivity contribution in [3.63, 3.8) is 0 Å². The van der Waals surface area contributed by atoms with Gasteiger partial charge in [0, 0.05) is 22.8 Å². The van der Waals surface area contributed by atoms with E-state index in [9.17, 15) is 0 Å². The zero-order valence-corrected chi connectivity index (χ0v) is 16.8. The first-order chi connectivity index (χ1) is 13.7. The summed E-state index contributed by atoms with van der Waals surface area (Å²) in [7, 11) is -2.27. The Kier molecular flexibility index (Phi) is 5.23. The highest BCUT2D eigenvalue weighted by atomic mass is 31.2. The first kappa shape index (κ1) is 18.4. The molecule has 0 spiro atoms. The lowest BCUT2D eigenvalue weighted by atomic mass is 10.4. The Bertz CT molecular complexity index is 989. The molecule has 4 rings (SSSR count). The van der Waals surface area contributed by atoms with Crippen molar-refractivity contribution < 1.29 is 4.42 Å². The number of hydrogen-bond acceptors (Lipinski definition) is 4. The molecule has 140 valence electrons. The van der Waals surface area contributed by atoms with Crippen LogP contribution in [0.15, 0.2) is 100 Å². The van der Waals surface area contributed by atoms with E-state index in [4.69, 9.17) is 9.16 Å². The molecule has 28 heavy (non-hydrogen) atoms. The van der Waals surface area contributed by atoms with E-state index in [1.807, 2.05) is 25.1 Å². The zero-order valence-electron chi connectivity index (χ0n) is 15.9. The highest BCUT2D eigenvalue weighted by Gasteiger charge is 2.29. The van der Waals surface area contributed by atoms with E-state index in [1.165, 1.54) is 15.9 Å². The first-order valence-electron chi connectivity index (χ1n) is 9.28. The number of benzene rings is 3. The van der Waals surface area contributed by atoms with Crippen LogP contribution in [0.25, 0.3) is 0 Å². The standard InChI is InChI=1S/C23H22N3OP/c1-18(23-25-24-19(2)27-23)26-28(20-12-6-3-7-13-20,21-14-8-4-9-15-21)22-16-10-5-11-17-22/h3-18H,1-2H3/t18-/m1/s1. The molecule has 0 N–H and O–H groups in total. The Hall–Kier alpha value is -2.97. The fourth-order valence-electron chi connectivity index (χ4n) is 3.37. The van der Waals surface area contributed by atoms with Gasteiger partial charge in [0.1, 0.15) is 6.04 Å². The predicted octanol–water partition coefficient (Wildman–Crippen LogP) is 4.62. The van der Waals surface area contributed by atoms with Crippen molar-refractivity contribution in [3.05, 3.63) is 103 Å². The van der Waals surface area contributed by atoms with Crippen LogP contribution in [0.3, 0.4) is 0 Å². The molecular weight excluding hydrogens is 365 g/mol. The summed E-state index contributed by atoms with van der Waals surface area (Å²) in [5.41, 5.74) is 0. The van der Waals surface area contributed by atoms with Crippen LogP contribution in [0, 0.1) is 6.92 Å². The van der Waals surface area contributed by atoms with Gasteiger partial charge in [-0.15, -0.1) is 10.2 Å². The van der Waals surface area contributed by atoms with E-state index in [-0.39, 0.29) is 6.04 Å². The van der Waals surface area contributed by atoms with Crippen molar-refractivity contribution in [3.8, 4) is 0 Å². The quantitative estimate of drug-likeness (QED) is 0.470. The molecule has 4 nitrogen and oxygen atoms in total. The molecule has 0 unspecified atom stereocenters. The molecule has 0 fully saturated rings. The molecule has 0 aliphatic rings. The molecule has 1 aromatic heterocycles. The second kappa shape index (κ2) is 7.95.